The minimum absolute atomic E-state index is 0.00812. The Morgan fingerprint density at radius 3 is 2.74 bits per heavy atom. The van der Waals surface area contributed by atoms with Crippen molar-refractivity contribution in [3.05, 3.63) is 28.8 Å². The maximum Gasteiger partial charge on any atom is 0.255 e. The maximum absolute atomic E-state index is 12.3. The molecule has 1 aromatic rings. The lowest BCUT2D eigenvalue weighted by atomic mass is 10.0. The lowest BCUT2D eigenvalue weighted by Gasteiger charge is -2.15. The van der Waals surface area contributed by atoms with Crippen molar-refractivity contribution in [3.8, 4) is 6.07 Å². The number of nitrogens with zero attached hydrogens (tertiary/aromatic N) is 2. The van der Waals surface area contributed by atoms with Crippen molar-refractivity contribution >= 4 is 17.5 Å². The Labute approximate surface area is 111 Å². The molecule has 0 spiro atoms. The quantitative estimate of drug-likeness (QED) is 0.813. The van der Waals surface area contributed by atoms with Gasteiger partial charge in [-0.05, 0) is 19.4 Å². The molecular formula is C14H15N3O2. The molecule has 1 aliphatic rings. The van der Waals surface area contributed by atoms with E-state index in [4.69, 9.17) is 5.26 Å². The summed E-state index contributed by atoms with van der Waals surface area (Å²) >= 11 is 0. The smallest absolute Gasteiger partial charge is 0.255 e. The van der Waals surface area contributed by atoms with Gasteiger partial charge in [-0.3, -0.25) is 14.5 Å². The van der Waals surface area contributed by atoms with Crippen LogP contribution in [0.15, 0.2) is 12.1 Å². The number of nitrogens with one attached hydrogen (secondary N) is 1. The van der Waals surface area contributed by atoms with E-state index in [9.17, 15) is 9.59 Å². The first kappa shape index (κ1) is 13.1. The van der Waals surface area contributed by atoms with Gasteiger partial charge in [-0.2, -0.15) is 5.26 Å². The van der Waals surface area contributed by atoms with Crippen LogP contribution in [0.2, 0.25) is 0 Å². The number of hydrogen-bond donors (Lipinski definition) is 1. The van der Waals surface area contributed by atoms with Crippen molar-refractivity contribution in [1.82, 2.24) is 5.32 Å². The van der Waals surface area contributed by atoms with Gasteiger partial charge in [-0.15, -0.1) is 0 Å². The normalized spacial score (nSPS) is 17.1. The number of fused-ring (bicyclic) bond motifs is 1. The Balaban J connectivity index is 2.57. The van der Waals surface area contributed by atoms with Gasteiger partial charge in [0.2, 0.25) is 5.91 Å². The van der Waals surface area contributed by atoms with Gasteiger partial charge < -0.3 is 5.32 Å². The van der Waals surface area contributed by atoms with Gasteiger partial charge in [0.15, 0.2) is 0 Å². The van der Waals surface area contributed by atoms with Crippen LogP contribution in [0.3, 0.4) is 0 Å². The highest BCUT2D eigenvalue weighted by molar-refractivity contribution is 6.07. The van der Waals surface area contributed by atoms with Crippen LogP contribution >= 0.6 is 0 Å². The number of benzene rings is 1. The van der Waals surface area contributed by atoms with Crippen LogP contribution in [0, 0.1) is 25.2 Å². The third kappa shape index (κ3) is 2.17. The number of amides is 2. The Hall–Kier alpha value is -2.35. The first-order valence-corrected chi connectivity index (χ1v) is 6.02. The summed E-state index contributed by atoms with van der Waals surface area (Å²) < 4.78 is 0. The molecule has 0 radical (unpaired) electrons. The van der Waals surface area contributed by atoms with Gasteiger partial charge in [0, 0.05) is 12.5 Å². The van der Waals surface area contributed by atoms with Gasteiger partial charge in [-0.25, -0.2) is 0 Å². The maximum atomic E-state index is 12.3. The molecule has 0 saturated carbocycles. The second-order valence-electron chi connectivity index (χ2n) is 4.74. The molecule has 19 heavy (non-hydrogen) atoms. The second-order valence-corrected chi connectivity index (χ2v) is 4.74. The molecule has 0 unspecified atom stereocenters. The summed E-state index contributed by atoms with van der Waals surface area (Å²) in [5.74, 6) is -0.511. The summed E-state index contributed by atoms with van der Waals surface area (Å²) in [6, 6.07) is 5.16. The van der Waals surface area contributed by atoms with Crippen LogP contribution < -0.4 is 10.2 Å². The van der Waals surface area contributed by atoms with E-state index in [2.05, 4.69) is 5.32 Å². The van der Waals surface area contributed by atoms with Crippen molar-refractivity contribution in [2.45, 2.75) is 26.8 Å². The highest BCUT2D eigenvalue weighted by atomic mass is 16.2. The van der Waals surface area contributed by atoms with Gasteiger partial charge in [-0.1, -0.05) is 17.7 Å². The van der Waals surface area contributed by atoms with Crippen molar-refractivity contribution in [1.29, 1.82) is 5.26 Å². The summed E-state index contributed by atoms with van der Waals surface area (Å²) in [5, 5.41) is 11.5. The lowest BCUT2D eigenvalue weighted by Crippen LogP contribution is -2.36. The standard InChI is InChI=1S/C14H15N3O2/c1-8-6-9(2)13-11(7-8)12(16-10(3)18)14(19)17(13)5-4-15/h6-7,12H,5H2,1-3H3,(H,16,18)/t12-/m1/s1. The SMILES string of the molecule is CC(=O)N[C@H]1C(=O)N(CC#N)c2c(C)cc(C)cc21. The van der Waals surface area contributed by atoms with Gasteiger partial charge in [0.25, 0.3) is 5.91 Å². The largest absolute Gasteiger partial charge is 0.341 e. The average molecular weight is 257 g/mol. The highest BCUT2D eigenvalue weighted by Crippen LogP contribution is 2.38. The van der Waals surface area contributed by atoms with Crippen LogP contribution in [-0.2, 0) is 9.59 Å². The third-order valence-electron chi connectivity index (χ3n) is 3.14. The summed E-state index contributed by atoms with van der Waals surface area (Å²) in [6.45, 7) is 5.21. The highest BCUT2D eigenvalue weighted by Gasteiger charge is 2.38. The number of carbonyl (C=O) groups is 2. The fraction of sp³-hybridized carbons (Fsp3) is 0.357. The van der Waals surface area contributed by atoms with Gasteiger partial charge in [0.1, 0.15) is 12.6 Å². The molecule has 0 fully saturated rings. The molecular weight excluding hydrogens is 242 g/mol. The van der Waals surface area contributed by atoms with Gasteiger partial charge >= 0.3 is 0 Å². The van der Waals surface area contributed by atoms with E-state index < -0.39 is 6.04 Å². The molecule has 2 rings (SSSR count). The van der Waals surface area contributed by atoms with Crippen molar-refractivity contribution in [2.24, 2.45) is 0 Å². The van der Waals surface area contributed by atoms with Crippen LogP contribution in [0.4, 0.5) is 5.69 Å². The van der Waals surface area contributed by atoms with E-state index in [-0.39, 0.29) is 18.4 Å². The lowest BCUT2D eigenvalue weighted by molar-refractivity contribution is -0.126. The molecule has 98 valence electrons. The number of nitriles is 1. The van der Waals surface area contributed by atoms with Crippen LogP contribution in [0.5, 0.6) is 0 Å². The van der Waals surface area contributed by atoms with Crippen LogP contribution in [0.1, 0.15) is 29.7 Å². The zero-order valence-corrected chi connectivity index (χ0v) is 11.2. The predicted molar refractivity (Wildman–Crippen MR) is 70.4 cm³/mol. The molecule has 1 heterocycles. The molecule has 5 heteroatoms. The molecule has 0 aliphatic carbocycles. The molecule has 1 N–H and O–H groups in total. The number of rotatable bonds is 2. The van der Waals surface area contributed by atoms with E-state index in [0.717, 1.165) is 22.4 Å². The van der Waals surface area contributed by atoms with Crippen LogP contribution in [0.25, 0.3) is 0 Å². The average Bonchev–Trinajstić information content (AvgIpc) is 2.55. The predicted octanol–water partition coefficient (Wildman–Crippen LogP) is 1.35. The minimum atomic E-state index is -0.681. The first-order valence-electron chi connectivity index (χ1n) is 6.02. The van der Waals surface area contributed by atoms with Crippen molar-refractivity contribution < 1.29 is 9.59 Å². The molecule has 0 aromatic heterocycles. The Morgan fingerprint density at radius 2 is 2.16 bits per heavy atom. The first-order chi connectivity index (χ1) is 8.95. The molecule has 5 nitrogen and oxygen atoms in total. The van der Waals surface area contributed by atoms with E-state index >= 15 is 0 Å². The Bertz CT molecular complexity index is 601. The molecule has 0 saturated heterocycles. The van der Waals surface area contributed by atoms with Gasteiger partial charge in [0.05, 0.1) is 11.8 Å². The molecule has 0 bridgehead atoms. The molecule has 1 atom stereocenters. The second kappa shape index (κ2) is 4.73. The van der Waals surface area contributed by atoms with Crippen molar-refractivity contribution in [2.75, 3.05) is 11.4 Å². The zero-order chi connectivity index (χ0) is 14.2. The summed E-state index contributed by atoms with van der Waals surface area (Å²) in [6.07, 6.45) is 0. The Kier molecular flexibility index (Phi) is 3.26. The fourth-order valence-corrected chi connectivity index (χ4v) is 2.55. The number of aryl methyl sites for hydroxylation is 2. The minimum Gasteiger partial charge on any atom is -0.341 e. The van der Waals surface area contributed by atoms with E-state index in [1.54, 1.807) is 0 Å². The van der Waals surface area contributed by atoms with E-state index in [1.165, 1.54) is 11.8 Å². The topological polar surface area (TPSA) is 73.2 Å². The van der Waals surface area contributed by atoms with Crippen LogP contribution in [-0.4, -0.2) is 18.4 Å². The van der Waals surface area contributed by atoms with E-state index in [1.807, 2.05) is 32.0 Å². The monoisotopic (exact) mass is 257 g/mol. The number of carbonyl (C=O) groups excluding carboxylic acids is 2. The molecule has 2 amide bonds. The third-order valence-corrected chi connectivity index (χ3v) is 3.14. The van der Waals surface area contributed by atoms with Crippen molar-refractivity contribution in [3.63, 3.8) is 0 Å². The number of hydrogen-bond acceptors (Lipinski definition) is 3. The summed E-state index contributed by atoms with van der Waals surface area (Å²) in [4.78, 5) is 25.0. The Morgan fingerprint density at radius 1 is 1.47 bits per heavy atom. The van der Waals surface area contributed by atoms with E-state index in [0.29, 0.717) is 0 Å². The molecule has 1 aliphatic heterocycles. The summed E-state index contributed by atoms with van der Waals surface area (Å²) in [7, 11) is 0. The fourth-order valence-electron chi connectivity index (χ4n) is 2.55. The zero-order valence-electron chi connectivity index (χ0n) is 11.2. The molecule has 1 aromatic carbocycles. The summed E-state index contributed by atoms with van der Waals surface area (Å²) in [5.41, 5.74) is 3.48. The number of anilines is 1.